The van der Waals surface area contributed by atoms with Gasteiger partial charge in [-0.1, -0.05) is 33.6 Å². The Morgan fingerprint density at radius 3 is 2.44 bits per heavy atom. The zero-order valence-electron chi connectivity index (χ0n) is 19.5. The van der Waals surface area contributed by atoms with E-state index in [-0.39, 0.29) is 18.2 Å². The van der Waals surface area contributed by atoms with Crippen molar-refractivity contribution in [1.29, 1.82) is 0 Å². The van der Waals surface area contributed by atoms with E-state index in [0.29, 0.717) is 28.2 Å². The van der Waals surface area contributed by atoms with Gasteiger partial charge in [0.15, 0.2) is 16.7 Å². The van der Waals surface area contributed by atoms with E-state index in [0.717, 1.165) is 26.9 Å². The van der Waals surface area contributed by atoms with Crippen molar-refractivity contribution < 1.29 is 19.2 Å². The van der Waals surface area contributed by atoms with Crippen LogP contribution in [0.15, 0.2) is 75.0 Å². The van der Waals surface area contributed by atoms with Crippen LogP contribution in [0.25, 0.3) is 6.08 Å². The first-order valence-electron chi connectivity index (χ1n) is 11.0. The molecule has 0 bridgehead atoms. The van der Waals surface area contributed by atoms with Crippen LogP contribution < -0.4 is 14.8 Å². The van der Waals surface area contributed by atoms with Crippen LogP contribution in [0, 0.1) is 17.0 Å². The van der Waals surface area contributed by atoms with Crippen LogP contribution in [0.1, 0.15) is 23.6 Å². The predicted octanol–water partition coefficient (Wildman–Crippen LogP) is 6.54. The van der Waals surface area contributed by atoms with Gasteiger partial charge in [-0.3, -0.25) is 14.9 Å². The average molecular weight is 568 g/mol. The maximum atomic E-state index is 12.6. The number of ether oxygens (including phenoxy) is 2. The fourth-order valence-electron chi connectivity index (χ4n) is 3.28. The highest BCUT2D eigenvalue weighted by atomic mass is 79.9. The van der Waals surface area contributed by atoms with E-state index in [9.17, 15) is 14.9 Å². The molecule has 1 N–H and O–H groups in total. The number of rotatable bonds is 8. The van der Waals surface area contributed by atoms with E-state index in [1.54, 1.807) is 30.3 Å². The summed E-state index contributed by atoms with van der Waals surface area (Å²) in [5.74, 6) is 0.801. The molecule has 1 amide bonds. The molecule has 3 aromatic rings. The number of benzene rings is 3. The quantitative estimate of drug-likeness (QED) is 0.188. The third-order valence-corrected chi connectivity index (χ3v) is 6.70. The molecule has 1 heterocycles. The lowest BCUT2D eigenvalue weighted by Gasteiger charge is -2.14. The Balaban J connectivity index is 1.53. The minimum Gasteiger partial charge on any atom is -0.490 e. The van der Waals surface area contributed by atoms with E-state index in [4.69, 9.17) is 9.47 Å². The molecule has 10 heteroatoms. The van der Waals surface area contributed by atoms with Gasteiger partial charge >= 0.3 is 0 Å². The van der Waals surface area contributed by atoms with Crippen molar-refractivity contribution in [2.75, 3.05) is 6.61 Å². The van der Waals surface area contributed by atoms with Crippen molar-refractivity contribution in [2.45, 2.75) is 20.5 Å². The second-order valence-electron chi connectivity index (χ2n) is 7.78. The fraction of sp³-hybridized carbons (Fsp3) is 0.154. The number of amides is 1. The summed E-state index contributed by atoms with van der Waals surface area (Å²) in [5, 5.41) is 14.2. The third kappa shape index (κ3) is 6.32. The van der Waals surface area contributed by atoms with Gasteiger partial charge in [-0.15, -0.1) is 0 Å². The topological polar surface area (TPSA) is 103 Å². The number of amidine groups is 1. The molecule has 0 atom stereocenters. The number of nitrogens with one attached hydrogen (secondary N) is 1. The lowest BCUT2D eigenvalue weighted by molar-refractivity contribution is -0.384. The second kappa shape index (κ2) is 11.4. The normalized spacial score (nSPS) is 15.2. The maximum Gasteiger partial charge on any atom is 0.269 e. The second-order valence-corrected chi connectivity index (χ2v) is 9.67. The predicted molar refractivity (Wildman–Crippen MR) is 145 cm³/mol. The number of carbonyl (C=O) groups is 1. The average Bonchev–Trinajstić information content (AvgIpc) is 3.20. The van der Waals surface area contributed by atoms with E-state index in [1.807, 2.05) is 38.1 Å². The first kappa shape index (κ1) is 25.5. The number of non-ortho nitro benzene ring substituents is 1. The summed E-state index contributed by atoms with van der Waals surface area (Å²) >= 11 is 4.83. The molecule has 8 nitrogen and oxygen atoms in total. The number of thioether (sulfide) groups is 1. The summed E-state index contributed by atoms with van der Waals surface area (Å²) < 4.78 is 12.4. The van der Waals surface area contributed by atoms with Crippen LogP contribution >= 0.6 is 27.7 Å². The number of aliphatic imine (C=N–C) groups is 1. The maximum absolute atomic E-state index is 12.6. The van der Waals surface area contributed by atoms with Crippen molar-refractivity contribution in [2.24, 2.45) is 4.99 Å². The van der Waals surface area contributed by atoms with E-state index in [2.05, 4.69) is 26.2 Å². The van der Waals surface area contributed by atoms with Crippen LogP contribution in [-0.4, -0.2) is 22.6 Å². The molecule has 4 rings (SSSR count). The first-order valence-corrected chi connectivity index (χ1v) is 12.6. The standard InChI is InChI=1S/C26H22BrN3O5S/c1-3-34-22-12-18(13-24-25(31)29-26(36-24)28-19-8-4-16(2)5-9-19)21(27)14-23(22)35-15-17-6-10-20(11-7-17)30(32)33/h4-14H,3,15H2,1-2H3,(H,28,29,31)/b24-13+. The van der Waals surface area contributed by atoms with Gasteiger partial charge in [0.2, 0.25) is 0 Å². The number of carbonyl (C=O) groups excluding carboxylic acids is 1. The summed E-state index contributed by atoms with van der Waals surface area (Å²) in [6, 6.07) is 17.5. The van der Waals surface area contributed by atoms with Gasteiger partial charge < -0.3 is 14.8 Å². The Morgan fingerprint density at radius 2 is 1.78 bits per heavy atom. The zero-order valence-corrected chi connectivity index (χ0v) is 21.9. The van der Waals surface area contributed by atoms with Gasteiger partial charge in [0.25, 0.3) is 11.6 Å². The smallest absolute Gasteiger partial charge is 0.269 e. The number of nitro benzene ring substituents is 1. The van der Waals surface area contributed by atoms with Gasteiger partial charge in [0.1, 0.15) is 6.61 Å². The Kier molecular flexibility index (Phi) is 8.07. The number of nitro groups is 1. The molecule has 1 aliphatic rings. The summed E-state index contributed by atoms with van der Waals surface area (Å²) in [6.07, 6.45) is 1.77. The molecule has 0 aromatic heterocycles. The molecule has 1 saturated heterocycles. The molecular weight excluding hydrogens is 546 g/mol. The van der Waals surface area contributed by atoms with Crippen LogP contribution in [0.5, 0.6) is 11.5 Å². The SMILES string of the molecule is CCOc1cc(/C=C2/SC(=Nc3ccc(C)cc3)NC2=O)c(Br)cc1OCc1ccc([N+](=O)[O-])cc1. The van der Waals surface area contributed by atoms with Gasteiger partial charge in [0.05, 0.1) is 22.1 Å². The number of nitrogens with zero attached hydrogens (tertiary/aromatic N) is 2. The molecule has 0 unspecified atom stereocenters. The van der Waals surface area contributed by atoms with Crippen LogP contribution in [0.4, 0.5) is 11.4 Å². The molecule has 0 saturated carbocycles. The van der Waals surface area contributed by atoms with Crippen LogP contribution in [-0.2, 0) is 11.4 Å². The van der Waals surface area contributed by atoms with E-state index in [1.165, 1.54) is 23.9 Å². The molecule has 1 fully saturated rings. The Labute approximate surface area is 220 Å². The van der Waals surface area contributed by atoms with Crippen LogP contribution in [0.3, 0.4) is 0 Å². The minimum atomic E-state index is -0.442. The number of hydrogen-bond acceptors (Lipinski definition) is 7. The molecule has 0 aliphatic carbocycles. The minimum absolute atomic E-state index is 0.0229. The highest BCUT2D eigenvalue weighted by molar-refractivity contribution is 9.10. The Morgan fingerprint density at radius 1 is 1.08 bits per heavy atom. The summed E-state index contributed by atoms with van der Waals surface area (Å²) in [7, 11) is 0. The summed E-state index contributed by atoms with van der Waals surface area (Å²) in [6.45, 7) is 4.51. The van der Waals surface area contributed by atoms with Crippen molar-refractivity contribution in [1.82, 2.24) is 5.32 Å². The van der Waals surface area contributed by atoms with E-state index < -0.39 is 4.92 Å². The van der Waals surface area contributed by atoms with Crippen molar-refractivity contribution in [3.8, 4) is 11.5 Å². The fourth-order valence-corrected chi connectivity index (χ4v) is 4.55. The number of aryl methyl sites for hydroxylation is 1. The lowest BCUT2D eigenvalue weighted by atomic mass is 10.1. The highest BCUT2D eigenvalue weighted by Gasteiger charge is 2.24. The monoisotopic (exact) mass is 567 g/mol. The zero-order chi connectivity index (χ0) is 25.7. The molecule has 184 valence electrons. The van der Waals surface area contributed by atoms with Gasteiger partial charge in [0, 0.05) is 16.6 Å². The van der Waals surface area contributed by atoms with Crippen molar-refractivity contribution in [3.05, 3.63) is 96.8 Å². The van der Waals surface area contributed by atoms with Gasteiger partial charge in [-0.2, -0.15) is 0 Å². The third-order valence-electron chi connectivity index (χ3n) is 5.11. The molecular formula is C26H22BrN3O5S. The highest BCUT2D eigenvalue weighted by Crippen LogP contribution is 2.37. The largest absolute Gasteiger partial charge is 0.490 e. The van der Waals surface area contributed by atoms with Crippen molar-refractivity contribution >= 4 is 56.2 Å². The number of hydrogen-bond donors (Lipinski definition) is 1. The summed E-state index contributed by atoms with van der Waals surface area (Å²) in [4.78, 5) is 28.0. The summed E-state index contributed by atoms with van der Waals surface area (Å²) in [5.41, 5.74) is 3.45. The molecule has 0 radical (unpaired) electrons. The molecule has 36 heavy (non-hydrogen) atoms. The Hall–Kier alpha value is -3.63. The number of halogens is 1. The van der Waals surface area contributed by atoms with Crippen LogP contribution in [0.2, 0.25) is 0 Å². The Bertz CT molecular complexity index is 1360. The van der Waals surface area contributed by atoms with Crippen molar-refractivity contribution in [3.63, 3.8) is 0 Å². The molecule has 3 aromatic carbocycles. The van der Waals surface area contributed by atoms with Gasteiger partial charge in [-0.25, -0.2) is 4.99 Å². The van der Waals surface area contributed by atoms with Gasteiger partial charge in [-0.05, 0) is 79.2 Å². The van der Waals surface area contributed by atoms with E-state index >= 15 is 0 Å². The first-order chi connectivity index (χ1) is 17.3. The molecule has 1 aliphatic heterocycles. The molecule has 0 spiro atoms. The lowest BCUT2D eigenvalue weighted by Crippen LogP contribution is -2.19.